The van der Waals surface area contributed by atoms with E-state index in [1.165, 1.54) is 12.1 Å². The van der Waals surface area contributed by atoms with Gasteiger partial charge in [-0.3, -0.25) is 4.79 Å². The van der Waals surface area contributed by atoms with Gasteiger partial charge in [0.25, 0.3) is 5.91 Å². The van der Waals surface area contributed by atoms with Crippen LogP contribution in [0.3, 0.4) is 0 Å². The van der Waals surface area contributed by atoms with Crippen LogP contribution in [0.1, 0.15) is 23.2 Å². The van der Waals surface area contributed by atoms with Crippen molar-refractivity contribution in [3.63, 3.8) is 0 Å². The molecule has 0 atom stereocenters. The zero-order valence-corrected chi connectivity index (χ0v) is 14.5. The van der Waals surface area contributed by atoms with Crippen LogP contribution >= 0.6 is 45.8 Å². The molecule has 1 aliphatic heterocycles. The van der Waals surface area contributed by atoms with Crippen LogP contribution in [0.5, 0.6) is 0 Å². The minimum absolute atomic E-state index is 0.221. The summed E-state index contributed by atoms with van der Waals surface area (Å²) in [4.78, 5) is 23.9. The Kier molecular flexibility index (Phi) is 5.34. The Labute approximate surface area is 145 Å². The second-order valence-electron chi connectivity index (χ2n) is 4.70. The largest absolute Gasteiger partial charge is 0.480 e. The fraction of sp³-hybridized carbons (Fsp3) is 0.385. The van der Waals surface area contributed by atoms with Crippen molar-refractivity contribution in [3.05, 3.63) is 31.3 Å². The van der Waals surface area contributed by atoms with Gasteiger partial charge in [0.15, 0.2) is 0 Å². The molecule has 1 heterocycles. The van der Waals surface area contributed by atoms with Gasteiger partial charge in [-0.1, -0.05) is 23.2 Å². The van der Waals surface area contributed by atoms with E-state index in [4.69, 9.17) is 27.9 Å². The van der Waals surface area contributed by atoms with Gasteiger partial charge in [-0.25, -0.2) is 4.79 Å². The van der Waals surface area contributed by atoms with Crippen molar-refractivity contribution in [2.45, 2.75) is 18.4 Å². The standard InChI is InChI=1S/C13H12Cl2INO4/c14-7-5-8(10(16)9(15)6-7)11(18)17-13(12(19)20)1-3-21-4-2-13/h5-6H,1-4H2,(H,17,18)(H,19,20). The molecule has 0 aromatic heterocycles. The molecule has 0 aliphatic carbocycles. The normalized spacial score (nSPS) is 17.3. The Morgan fingerprint density at radius 2 is 1.90 bits per heavy atom. The summed E-state index contributed by atoms with van der Waals surface area (Å²) in [5.41, 5.74) is -1.05. The smallest absolute Gasteiger partial charge is 0.329 e. The maximum Gasteiger partial charge on any atom is 0.329 e. The molecule has 0 bridgehead atoms. The summed E-state index contributed by atoms with van der Waals surface area (Å²) in [5, 5.41) is 12.7. The minimum atomic E-state index is -1.31. The van der Waals surface area contributed by atoms with E-state index in [0.29, 0.717) is 26.8 Å². The fourth-order valence-electron chi connectivity index (χ4n) is 2.12. The highest BCUT2D eigenvalue weighted by Crippen LogP contribution is 2.28. The molecule has 1 amide bonds. The van der Waals surface area contributed by atoms with Crippen LogP contribution in [0.25, 0.3) is 0 Å². The van der Waals surface area contributed by atoms with E-state index in [9.17, 15) is 14.7 Å². The Balaban J connectivity index is 2.30. The molecule has 2 N–H and O–H groups in total. The van der Waals surface area contributed by atoms with E-state index < -0.39 is 17.4 Å². The first-order valence-corrected chi connectivity index (χ1v) is 7.97. The first-order chi connectivity index (χ1) is 9.85. The van der Waals surface area contributed by atoms with Crippen molar-refractivity contribution in [2.75, 3.05) is 13.2 Å². The Bertz CT molecular complexity index is 588. The zero-order valence-electron chi connectivity index (χ0n) is 10.8. The fourth-order valence-corrected chi connectivity index (χ4v) is 3.17. The third-order valence-electron chi connectivity index (χ3n) is 3.35. The van der Waals surface area contributed by atoms with Gasteiger partial charge in [0.05, 0.1) is 10.6 Å². The number of nitrogens with one attached hydrogen (secondary N) is 1. The number of amides is 1. The maximum absolute atomic E-state index is 12.4. The van der Waals surface area contributed by atoms with E-state index in [0.717, 1.165) is 0 Å². The Morgan fingerprint density at radius 3 is 2.48 bits per heavy atom. The summed E-state index contributed by atoms with van der Waals surface area (Å²) in [7, 11) is 0. The number of halogens is 3. The molecule has 0 radical (unpaired) electrons. The number of carboxylic acids is 1. The SMILES string of the molecule is O=C(NC1(C(=O)O)CCOCC1)c1cc(Cl)cc(Cl)c1I. The van der Waals surface area contributed by atoms with Gasteiger partial charge < -0.3 is 15.2 Å². The number of carbonyl (C=O) groups excluding carboxylic acids is 1. The molecule has 0 saturated carbocycles. The summed E-state index contributed by atoms with van der Waals surface area (Å²) >= 11 is 13.8. The lowest BCUT2D eigenvalue weighted by Crippen LogP contribution is -2.57. The lowest BCUT2D eigenvalue weighted by atomic mass is 9.89. The number of carbonyl (C=O) groups is 2. The summed E-state index contributed by atoms with van der Waals surface area (Å²) in [6, 6.07) is 3.00. The summed E-state index contributed by atoms with van der Waals surface area (Å²) in [6.45, 7) is 0.583. The highest BCUT2D eigenvalue weighted by atomic mass is 127. The number of carboxylic acid groups (broad SMARTS) is 1. The molecule has 1 aliphatic rings. The summed E-state index contributed by atoms with van der Waals surface area (Å²) < 4.78 is 5.70. The van der Waals surface area contributed by atoms with Crippen LogP contribution < -0.4 is 5.32 Å². The van der Waals surface area contributed by atoms with E-state index in [-0.39, 0.29) is 18.4 Å². The minimum Gasteiger partial charge on any atom is -0.480 e. The lowest BCUT2D eigenvalue weighted by molar-refractivity contribution is -0.148. The molecule has 114 valence electrons. The number of aliphatic carboxylic acids is 1. The third-order valence-corrected chi connectivity index (χ3v) is 5.34. The van der Waals surface area contributed by atoms with Gasteiger partial charge in [0, 0.05) is 34.6 Å². The summed E-state index contributed by atoms with van der Waals surface area (Å²) in [6.07, 6.45) is 0.442. The Hall–Kier alpha value is -0.570. The van der Waals surface area contributed by atoms with Crippen LogP contribution in [-0.2, 0) is 9.53 Å². The van der Waals surface area contributed by atoms with Crippen molar-refractivity contribution in [3.8, 4) is 0 Å². The van der Waals surface area contributed by atoms with Crippen molar-refractivity contribution in [1.29, 1.82) is 0 Å². The van der Waals surface area contributed by atoms with E-state index in [2.05, 4.69) is 5.32 Å². The van der Waals surface area contributed by atoms with Gasteiger partial charge in [-0.15, -0.1) is 0 Å². The maximum atomic E-state index is 12.4. The molecule has 5 nitrogen and oxygen atoms in total. The molecule has 8 heteroatoms. The second-order valence-corrected chi connectivity index (χ2v) is 6.63. The van der Waals surface area contributed by atoms with Crippen molar-refractivity contribution < 1.29 is 19.4 Å². The van der Waals surface area contributed by atoms with Crippen molar-refractivity contribution in [1.82, 2.24) is 5.32 Å². The number of benzene rings is 1. The number of rotatable bonds is 3. The van der Waals surface area contributed by atoms with Gasteiger partial charge in [0.2, 0.25) is 0 Å². The van der Waals surface area contributed by atoms with Crippen molar-refractivity contribution in [2.24, 2.45) is 0 Å². The average molecular weight is 444 g/mol. The van der Waals surface area contributed by atoms with E-state index in [1.54, 1.807) is 0 Å². The van der Waals surface area contributed by atoms with Gasteiger partial charge in [-0.05, 0) is 34.7 Å². The molecule has 1 saturated heterocycles. The van der Waals surface area contributed by atoms with Gasteiger partial charge in [0.1, 0.15) is 5.54 Å². The lowest BCUT2D eigenvalue weighted by Gasteiger charge is -2.34. The second kappa shape index (κ2) is 6.68. The van der Waals surface area contributed by atoms with Crippen molar-refractivity contribution >= 4 is 57.7 Å². The monoisotopic (exact) mass is 443 g/mol. The van der Waals surface area contributed by atoms with E-state index >= 15 is 0 Å². The van der Waals surface area contributed by atoms with Gasteiger partial charge in [-0.2, -0.15) is 0 Å². The van der Waals surface area contributed by atoms with Crippen LogP contribution in [0.2, 0.25) is 10.0 Å². The molecular formula is C13H12Cl2INO4. The average Bonchev–Trinajstić information content (AvgIpc) is 2.43. The van der Waals surface area contributed by atoms with Crippen LogP contribution in [0, 0.1) is 3.57 Å². The predicted molar refractivity (Wildman–Crippen MR) is 87.1 cm³/mol. The molecule has 0 spiro atoms. The highest BCUT2D eigenvalue weighted by Gasteiger charge is 2.42. The van der Waals surface area contributed by atoms with Crippen LogP contribution in [0.15, 0.2) is 12.1 Å². The quantitative estimate of drug-likeness (QED) is 0.556. The molecule has 1 aromatic rings. The molecule has 21 heavy (non-hydrogen) atoms. The van der Waals surface area contributed by atoms with E-state index in [1.807, 2.05) is 22.6 Å². The number of hydrogen-bond acceptors (Lipinski definition) is 3. The zero-order chi connectivity index (χ0) is 15.6. The van der Waals surface area contributed by atoms with Gasteiger partial charge >= 0.3 is 5.97 Å². The first kappa shape index (κ1) is 16.8. The molecule has 1 aromatic carbocycles. The molecule has 2 rings (SSSR count). The molecule has 0 unspecified atom stereocenters. The van der Waals surface area contributed by atoms with Crippen LogP contribution in [0.4, 0.5) is 0 Å². The first-order valence-electron chi connectivity index (χ1n) is 6.14. The predicted octanol–water partition coefficient (Wildman–Crippen LogP) is 2.96. The highest BCUT2D eigenvalue weighted by molar-refractivity contribution is 14.1. The van der Waals surface area contributed by atoms with Crippen LogP contribution in [-0.4, -0.2) is 35.7 Å². The number of hydrogen-bond donors (Lipinski definition) is 2. The Morgan fingerprint density at radius 1 is 1.29 bits per heavy atom. The molecule has 1 fully saturated rings. The summed E-state index contributed by atoms with van der Waals surface area (Å²) in [5.74, 6) is -1.57. The molecular weight excluding hydrogens is 432 g/mol. The topological polar surface area (TPSA) is 75.6 Å². The number of ether oxygens (including phenoxy) is 1. The third kappa shape index (κ3) is 3.61.